The molecular formula is C14H16BrFN2S. The Kier molecular flexibility index (Phi) is 3.97. The van der Waals surface area contributed by atoms with Gasteiger partial charge in [0.2, 0.25) is 0 Å². The number of thiazole rings is 1. The third-order valence-corrected chi connectivity index (χ3v) is 4.45. The number of hydrogen-bond acceptors (Lipinski definition) is 3. The van der Waals surface area contributed by atoms with Crippen molar-refractivity contribution in [3.63, 3.8) is 0 Å². The zero-order chi connectivity index (χ0) is 14.2. The van der Waals surface area contributed by atoms with Gasteiger partial charge in [-0.15, -0.1) is 11.3 Å². The van der Waals surface area contributed by atoms with E-state index >= 15 is 0 Å². The molecule has 0 atom stereocenters. The van der Waals surface area contributed by atoms with E-state index in [4.69, 9.17) is 5.73 Å². The smallest absolute Gasteiger partial charge is 0.180 e. The molecular weight excluding hydrogens is 327 g/mol. The Balaban J connectivity index is 2.45. The molecule has 0 unspecified atom stereocenters. The minimum atomic E-state index is -0.207. The summed E-state index contributed by atoms with van der Waals surface area (Å²) in [6.45, 7) is 6.25. The highest BCUT2D eigenvalue weighted by Crippen LogP contribution is 2.34. The maximum absolute atomic E-state index is 13.9. The Bertz CT molecular complexity index is 582. The van der Waals surface area contributed by atoms with Crippen molar-refractivity contribution in [2.24, 2.45) is 0 Å². The molecule has 2 aromatic rings. The molecule has 5 heteroatoms. The topological polar surface area (TPSA) is 38.9 Å². The van der Waals surface area contributed by atoms with Gasteiger partial charge in [-0.05, 0) is 12.1 Å². The number of halogens is 2. The van der Waals surface area contributed by atoms with E-state index in [1.165, 1.54) is 17.4 Å². The van der Waals surface area contributed by atoms with Crippen LogP contribution >= 0.6 is 27.3 Å². The molecule has 0 fully saturated rings. The van der Waals surface area contributed by atoms with Gasteiger partial charge in [-0.1, -0.05) is 42.8 Å². The normalized spacial score (nSPS) is 11.8. The summed E-state index contributed by atoms with van der Waals surface area (Å²) in [5, 5.41) is 0.535. The van der Waals surface area contributed by atoms with Gasteiger partial charge in [0.1, 0.15) is 5.82 Å². The SMILES string of the molecule is CC(C)(C)c1nc(N)sc1Cc1c(F)cccc1Br. The molecule has 0 saturated carbocycles. The fourth-order valence-electron chi connectivity index (χ4n) is 1.94. The quantitative estimate of drug-likeness (QED) is 0.871. The van der Waals surface area contributed by atoms with Gasteiger partial charge in [0.05, 0.1) is 5.69 Å². The highest BCUT2D eigenvalue weighted by atomic mass is 79.9. The Hall–Kier alpha value is -0.940. The molecule has 2 rings (SSSR count). The Labute approximate surface area is 125 Å². The molecule has 0 aliphatic carbocycles. The summed E-state index contributed by atoms with van der Waals surface area (Å²) in [4.78, 5) is 5.42. The molecule has 1 heterocycles. The summed E-state index contributed by atoms with van der Waals surface area (Å²) in [5.74, 6) is -0.207. The number of benzene rings is 1. The van der Waals surface area contributed by atoms with Crippen LogP contribution in [0.25, 0.3) is 0 Å². The Morgan fingerprint density at radius 1 is 1.37 bits per heavy atom. The molecule has 0 spiro atoms. The largest absolute Gasteiger partial charge is 0.375 e. The van der Waals surface area contributed by atoms with E-state index in [9.17, 15) is 4.39 Å². The lowest BCUT2D eigenvalue weighted by atomic mass is 9.90. The number of rotatable bonds is 2. The maximum Gasteiger partial charge on any atom is 0.180 e. The van der Waals surface area contributed by atoms with Crippen molar-refractivity contribution < 1.29 is 4.39 Å². The summed E-state index contributed by atoms with van der Waals surface area (Å²) < 4.78 is 14.7. The number of anilines is 1. The zero-order valence-electron chi connectivity index (χ0n) is 11.1. The lowest BCUT2D eigenvalue weighted by Crippen LogP contribution is -2.14. The predicted octanol–water partition coefficient (Wildman–Crippen LogP) is 4.52. The highest BCUT2D eigenvalue weighted by molar-refractivity contribution is 9.10. The standard InChI is InChI=1S/C14H16BrFN2S/c1-14(2,3)12-11(19-13(17)18-12)7-8-9(15)5-4-6-10(8)16/h4-6H,7H2,1-3H3,(H2,17,18). The fraction of sp³-hybridized carbons (Fsp3) is 0.357. The third kappa shape index (κ3) is 3.15. The predicted molar refractivity (Wildman–Crippen MR) is 82.1 cm³/mol. The van der Waals surface area contributed by atoms with Gasteiger partial charge < -0.3 is 5.73 Å². The van der Waals surface area contributed by atoms with Gasteiger partial charge in [-0.25, -0.2) is 9.37 Å². The van der Waals surface area contributed by atoms with E-state index in [-0.39, 0.29) is 11.2 Å². The maximum atomic E-state index is 13.9. The average Bonchev–Trinajstić information content (AvgIpc) is 2.65. The van der Waals surface area contributed by atoms with Crippen molar-refractivity contribution in [1.29, 1.82) is 0 Å². The molecule has 1 aromatic heterocycles. The van der Waals surface area contributed by atoms with Gasteiger partial charge in [-0.2, -0.15) is 0 Å². The number of nitrogen functional groups attached to an aromatic ring is 1. The first-order chi connectivity index (χ1) is 8.79. The molecule has 0 radical (unpaired) electrons. The summed E-state index contributed by atoms with van der Waals surface area (Å²) in [6, 6.07) is 5.01. The van der Waals surface area contributed by atoms with Gasteiger partial charge >= 0.3 is 0 Å². The summed E-state index contributed by atoms with van der Waals surface area (Å²) >= 11 is 4.83. The van der Waals surface area contributed by atoms with Gasteiger partial charge in [0.25, 0.3) is 0 Å². The van der Waals surface area contributed by atoms with Crippen molar-refractivity contribution in [2.75, 3.05) is 5.73 Å². The van der Waals surface area contributed by atoms with Crippen LogP contribution in [-0.2, 0) is 11.8 Å². The highest BCUT2D eigenvalue weighted by Gasteiger charge is 2.23. The molecule has 102 valence electrons. The molecule has 0 saturated heterocycles. The number of aromatic nitrogens is 1. The molecule has 0 amide bonds. The van der Waals surface area contributed by atoms with Crippen LogP contribution in [0, 0.1) is 5.82 Å². The summed E-state index contributed by atoms with van der Waals surface area (Å²) in [5.41, 5.74) is 7.31. The summed E-state index contributed by atoms with van der Waals surface area (Å²) in [7, 11) is 0. The molecule has 0 aliphatic rings. The first-order valence-electron chi connectivity index (χ1n) is 5.97. The van der Waals surface area contributed by atoms with Crippen LogP contribution in [0.3, 0.4) is 0 Å². The Morgan fingerprint density at radius 3 is 2.63 bits per heavy atom. The minimum absolute atomic E-state index is 0.0960. The van der Waals surface area contributed by atoms with E-state index in [2.05, 4.69) is 41.7 Å². The average molecular weight is 343 g/mol. The molecule has 0 aliphatic heterocycles. The number of hydrogen-bond donors (Lipinski definition) is 1. The second-order valence-electron chi connectivity index (χ2n) is 5.45. The van der Waals surface area contributed by atoms with Gasteiger partial charge in [0, 0.05) is 26.7 Å². The van der Waals surface area contributed by atoms with E-state index < -0.39 is 0 Å². The lowest BCUT2D eigenvalue weighted by Gasteiger charge is -2.18. The lowest BCUT2D eigenvalue weighted by molar-refractivity contribution is 0.566. The molecule has 2 nitrogen and oxygen atoms in total. The van der Waals surface area contributed by atoms with Crippen LogP contribution < -0.4 is 5.73 Å². The van der Waals surface area contributed by atoms with Crippen LogP contribution in [-0.4, -0.2) is 4.98 Å². The van der Waals surface area contributed by atoms with E-state index in [0.29, 0.717) is 17.1 Å². The molecule has 2 N–H and O–H groups in total. The van der Waals surface area contributed by atoms with Crippen LogP contribution in [0.5, 0.6) is 0 Å². The first kappa shape index (κ1) is 14.5. The van der Waals surface area contributed by atoms with Gasteiger partial charge in [-0.3, -0.25) is 0 Å². The van der Waals surface area contributed by atoms with Crippen molar-refractivity contribution in [3.05, 3.63) is 44.6 Å². The molecule has 0 bridgehead atoms. The Morgan fingerprint density at radius 2 is 2.05 bits per heavy atom. The van der Waals surface area contributed by atoms with Crippen molar-refractivity contribution in [2.45, 2.75) is 32.6 Å². The van der Waals surface area contributed by atoms with Crippen LogP contribution in [0.4, 0.5) is 9.52 Å². The molecule has 1 aromatic carbocycles. The van der Waals surface area contributed by atoms with E-state index in [1.54, 1.807) is 6.07 Å². The fourth-order valence-corrected chi connectivity index (χ4v) is 3.47. The van der Waals surface area contributed by atoms with Crippen LogP contribution in [0.15, 0.2) is 22.7 Å². The second kappa shape index (κ2) is 5.21. The minimum Gasteiger partial charge on any atom is -0.375 e. The second-order valence-corrected chi connectivity index (χ2v) is 7.42. The monoisotopic (exact) mass is 342 g/mol. The zero-order valence-corrected chi connectivity index (χ0v) is 13.5. The van der Waals surface area contributed by atoms with Crippen molar-refractivity contribution in [1.82, 2.24) is 4.98 Å². The van der Waals surface area contributed by atoms with Crippen molar-refractivity contribution in [3.8, 4) is 0 Å². The number of nitrogens with zero attached hydrogens (tertiary/aromatic N) is 1. The van der Waals surface area contributed by atoms with Crippen LogP contribution in [0.1, 0.15) is 36.9 Å². The van der Waals surface area contributed by atoms with Crippen molar-refractivity contribution >= 4 is 32.4 Å². The number of nitrogens with two attached hydrogens (primary N) is 1. The first-order valence-corrected chi connectivity index (χ1v) is 7.58. The summed E-state index contributed by atoms with van der Waals surface area (Å²) in [6.07, 6.45) is 0.509. The third-order valence-electron chi connectivity index (χ3n) is 2.82. The van der Waals surface area contributed by atoms with E-state index in [0.717, 1.165) is 15.0 Å². The van der Waals surface area contributed by atoms with E-state index in [1.807, 2.05) is 6.07 Å². The van der Waals surface area contributed by atoms with Crippen LogP contribution in [0.2, 0.25) is 0 Å². The van der Waals surface area contributed by atoms with Gasteiger partial charge in [0.15, 0.2) is 5.13 Å². The molecule has 19 heavy (non-hydrogen) atoms.